The zero-order chi connectivity index (χ0) is 23.6. The largest absolute Gasteiger partial charge is 0.445 e. The highest BCUT2D eigenvalue weighted by molar-refractivity contribution is 7.92. The van der Waals surface area contributed by atoms with Gasteiger partial charge in [-0.2, -0.15) is 0 Å². The summed E-state index contributed by atoms with van der Waals surface area (Å²) in [5, 5.41) is 2.31. The first-order valence-electron chi connectivity index (χ1n) is 10.7. The quantitative estimate of drug-likeness (QED) is 0.724. The predicted molar refractivity (Wildman–Crippen MR) is 123 cm³/mol. The minimum absolute atomic E-state index is 0.123. The molecule has 1 aliphatic heterocycles. The number of carbonyl (C=O) groups is 2. The summed E-state index contributed by atoms with van der Waals surface area (Å²) in [5.74, 6) is -0.317. The van der Waals surface area contributed by atoms with Crippen molar-refractivity contribution in [2.45, 2.75) is 63.5 Å². The normalized spacial score (nSPS) is 20.6. The van der Waals surface area contributed by atoms with Crippen LogP contribution in [0, 0.1) is 5.92 Å². The van der Waals surface area contributed by atoms with E-state index in [-0.39, 0.29) is 29.4 Å². The molecule has 1 N–H and O–H groups in total. The Hall–Kier alpha value is -2.87. The van der Waals surface area contributed by atoms with E-state index in [0.717, 1.165) is 5.56 Å². The second-order valence-corrected chi connectivity index (χ2v) is 11.0. The van der Waals surface area contributed by atoms with E-state index in [0.29, 0.717) is 11.3 Å². The minimum Gasteiger partial charge on any atom is -0.445 e. The molecule has 1 heterocycles. The molecule has 2 aromatic rings. The summed E-state index contributed by atoms with van der Waals surface area (Å²) in [4.78, 5) is 26.8. The number of alkyl carbamates (subject to hydrolysis) is 1. The smallest absolute Gasteiger partial charge is 0.407 e. The Morgan fingerprint density at radius 2 is 1.75 bits per heavy atom. The van der Waals surface area contributed by atoms with Gasteiger partial charge in [-0.3, -0.25) is 4.79 Å². The highest BCUT2D eigenvalue weighted by Gasteiger charge is 2.40. The van der Waals surface area contributed by atoms with Gasteiger partial charge in [-0.15, -0.1) is 0 Å². The molecule has 0 spiro atoms. The second-order valence-electron chi connectivity index (χ2n) is 8.49. The zero-order valence-electron chi connectivity index (χ0n) is 19.0. The van der Waals surface area contributed by atoms with Crippen molar-refractivity contribution in [3.8, 4) is 0 Å². The molecule has 8 heteroatoms. The fourth-order valence-corrected chi connectivity index (χ4v) is 5.12. The first kappa shape index (κ1) is 23.8. The third-order valence-electron chi connectivity index (χ3n) is 6.06. The Balaban J connectivity index is 1.96. The van der Waals surface area contributed by atoms with Crippen LogP contribution in [0.4, 0.5) is 10.5 Å². The van der Waals surface area contributed by atoms with Gasteiger partial charge in [0.25, 0.3) is 0 Å². The number of ether oxygens (including phenoxy) is 1. The van der Waals surface area contributed by atoms with E-state index in [1.807, 2.05) is 44.2 Å². The Kier molecular flexibility index (Phi) is 6.93. The lowest BCUT2D eigenvalue weighted by molar-refractivity contribution is -0.117. The standard InChI is InChI=1S/C24H30N2O5S/c1-15(2)32(29,30)20-11-12-22-21(13-20)23(16(3)17(4)26(22)18(5)27)25-24(28)31-14-19-9-7-6-8-10-19/h6-13,15-17,23H,14H2,1-5H3,(H,25,28)/t16?,17-,23?/m0/s1. The number of amides is 2. The van der Waals surface area contributed by atoms with Gasteiger partial charge in [0.1, 0.15) is 6.61 Å². The maximum Gasteiger partial charge on any atom is 0.407 e. The highest BCUT2D eigenvalue weighted by Crippen LogP contribution is 2.42. The molecule has 0 bridgehead atoms. The van der Waals surface area contributed by atoms with E-state index in [4.69, 9.17) is 4.74 Å². The van der Waals surface area contributed by atoms with Crippen molar-refractivity contribution in [3.05, 3.63) is 59.7 Å². The average molecular weight is 459 g/mol. The van der Waals surface area contributed by atoms with Crippen LogP contribution in [0.15, 0.2) is 53.4 Å². The van der Waals surface area contributed by atoms with Gasteiger partial charge >= 0.3 is 6.09 Å². The fourth-order valence-electron chi connectivity index (χ4n) is 4.02. The monoisotopic (exact) mass is 458 g/mol. The van der Waals surface area contributed by atoms with Gasteiger partial charge < -0.3 is 15.0 Å². The van der Waals surface area contributed by atoms with E-state index >= 15 is 0 Å². The molecular weight excluding hydrogens is 428 g/mol. The number of fused-ring (bicyclic) bond motifs is 1. The number of carbonyl (C=O) groups excluding carboxylic acids is 2. The molecular formula is C24H30N2O5S. The average Bonchev–Trinajstić information content (AvgIpc) is 2.75. The summed E-state index contributed by atoms with van der Waals surface area (Å²) in [6, 6.07) is 13.4. The van der Waals surface area contributed by atoms with Crippen LogP contribution in [0.3, 0.4) is 0 Å². The minimum atomic E-state index is -3.52. The SMILES string of the molecule is CC(=O)N1c2ccc(S(=O)(=O)C(C)C)cc2C(NC(=O)OCc2ccccc2)C(C)[C@@H]1C. The number of nitrogens with one attached hydrogen (secondary N) is 1. The maximum absolute atomic E-state index is 12.8. The summed E-state index contributed by atoms with van der Waals surface area (Å²) >= 11 is 0. The molecule has 1 aliphatic rings. The summed E-state index contributed by atoms with van der Waals surface area (Å²) < 4.78 is 30.9. The van der Waals surface area contributed by atoms with Crippen molar-refractivity contribution in [2.75, 3.05) is 4.90 Å². The van der Waals surface area contributed by atoms with Crippen LogP contribution in [0.2, 0.25) is 0 Å². The van der Waals surface area contributed by atoms with Crippen LogP contribution >= 0.6 is 0 Å². The third-order valence-corrected chi connectivity index (χ3v) is 8.21. The number of hydrogen-bond acceptors (Lipinski definition) is 5. The van der Waals surface area contributed by atoms with Crippen LogP contribution < -0.4 is 10.2 Å². The Morgan fingerprint density at radius 1 is 1.09 bits per heavy atom. The van der Waals surface area contributed by atoms with Gasteiger partial charge in [0, 0.05) is 24.6 Å². The van der Waals surface area contributed by atoms with E-state index in [1.165, 1.54) is 13.0 Å². The molecule has 0 saturated heterocycles. The van der Waals surface area contributed by atoms with Gasteiger partial charge in [0.15, 0.2) is 9.84 Å². The third kappa shape index (κ3) is 4.65. The molecule has 2 aromatic carbocycles. The summed E-state index contributed by atoms with van der Waals surface area (Å²) in [5.41, 5.74) is 2.05. The molecule has 3 atom stereocenters. The van der Waals surface area contributed by atoms with E-state index in [1.54, 1.807) is 30.9 Å². The van der Waals surface area contributed by atoms with E-state index < -0.39 is 27.2 Å². The number of nitrogens with zero attached hydrogens (tertiary/aromatic N) is 1. The molecule has 0 aromatic heterocycles. The molecule has 7 nitrogen and oxygen atoms in total. The summed E-state index contributed by atoms with van der Waals surface area (Å²) in [6.07, 6.45) is -0.600. The topological polar surface area (TPSA) is 92.8 Å². The van der Waals surface area contributed by atoms with Crippen LogP contribution in [0.1, 0.15) is 51.8 Å². The van der Waals surface area contributed by atoms with Crippen molar-refractivity contribution in [1.82, 2.24) is 5.32 Å². The molecule has 0 fully saturated rings. The van der Waals surface area contributed by atoms with Gasteiger partial charge in [0.05, 0.1) is 16.2 Å². The van der Waals surface area contributed by atoms with E-state index in [2.05, 4.69) is 5.32 Å². The lowest BCUT2D eigenvalue weighted by Crippen LogP contribution is -2.50. The van der Waals surface area contributed by atoms with Crippen molar-refractivity contribution in [1.29, 1.82) is 0 Å². The van der Waals surface area contributed by atoms with Crippen molar-refractivity contribution < 1.29 is 22.7 Å². The number of hydrogen-bond donors (Lipinski definition) is 1. The van der Waals surface area contributed by atoms with Gasteiger partial charge in [0.2, 0.25) is 5.91 Å². The van der Waals surface area contributed by atoms with Gasteiger partial charge in [-0.05, 0) is 50.1 Å². The Morgan fingerprint density at radius 3 is 2.34 bits per heavy atom. The molecule has 32 heavy (non-hydrogen) atoms. The van der Waals surface area contributed by atoms with Crippen LogP contribution in [-0.4, -0.2) is 31.7 Å². The number of rotatable bonds is 5. The first-order chi connectivity index (χ1) is 15.0. The molecule has 172 valence electrons. The number of benzene rings is 2. The lowest BCUT2D eigenvalue weighted by atomic mass is 9.83. The lowest BCUT2D eigenvalue weighted by Gasteiger charge is -2.43. The number of anilines is 1. The van der Waals surface area contributed by atoms with Crippen LogP contribution in [-0.2, 0) is 26.0 Å². The summed E-state index contributed by atoms with van der Waals surface area (Å²) in [6.45, 7) is 8.69. The first-order valence-corrected chi connectivity index (χ1v) is 12.2. The number of sulfone groups is 1. The van der Waals surface area contributed by atoms with Crippen molar-refractivity contribution >= 4 is 27.5 Å². The van der Waals surface area contributed by atoms with Crippen molar-refractivity contribution in [3.63, 3.8) is 0 Å². The predicted octanol–water partition coefficient (Wildman–Crippen LogP) is 4.23. The maximum atomic E-state index is 12.8. The summed E-state index contributed by atoms with van der Waals surface area (Å²) in [7, 11) is -3.52. The second kappa shape index (κ2) is 9.32. The van der Waals surface area contributed by atoms with Gasteiger partial charge in [-0.1, -0.05) is 37.3 Å². The van der Waals surface area contributed by atoms with Crippen molar-refractivity contribution in [2.24, 2.45) is 5.92 Å². The fraction of sp³-hybridized carbons (Fsp3) is 0.417. The zero-order valence-corrected chi connectivity index (χ0v) is 19.8. The molecule has 3 rings (SSSR count). The molecule has 0 radical (unpaired) electrons. The van der Waals surface area contributed by atoms with Gasteiger partial charge in [-0.25, -0.2) is 13.2 Å². The molecule has 2 unspecified atom stereocenters. The van der Waals surface area contributed by atoms with Crippen LogP contribution in [0.25, 0.3) is 0 Å². The Labute approximate surface area is 189 Å². The van der Waals surface area contributed by atoms with Crippen LogP contribution in [0.5, 0.6) is 0 Å². The van der Waals surface area contributed by atoms with E-state index in [9.17, 15) is 18.0 Å². The highest BCUT2D eigenvalue weighted by atomic mass is 32.2. The Bertz CT molecular complexity index is 1100. The molecule has 0 aliphatic carbocycles. The molecule has 0 saturated carbocycles. The molecule has 2 amide bonds.